The van der Waals surface area contributed by atoms with Gasteiger partial charge in [-0.2, -0.15) is 0 Å². The SMILES string of the molecule is CCSc1ccc(CC(=O)O)c(Br)c1. The Bertz CT molecular complexity index is 339. The predicted molar refractivity (Wildman–Crippen MR) is 61.9 cm³/mol. The average Bonchev–Trinajstić information content (AvgIpc) is 2.10. The van der Waals surface area contributed by atoms with Crippen LogP contribution in [0.5, 0.6) is 0 Å². The Morgan fingerprint density at radius 2 is 2.29 bits per heavy atom. The van der Waals surface area contributed by atoms with Gasteiger partial charge < -0.3 is 5.11 Å². The molecule has 0 aliphatic heterocycles. The second kappa shape index (κ2) is 5.41. The van der Waals surface area contributed by atoms with Gasteiger partial charge in [-0.05, 0) is 23.4 Å². The molecule has 0 fully saturated rings. The Morgan fingerprint density at radius 1 is 1.57 bits per heavy atom. The van der Waals surface area contributed by atoms with E-state index in [0.29, 0.717) is 0 Å². The Balaban J connectivity index is 2.84. The molecule has 0 aliphatic rings. The molecule has 0 spiro atoms. The number of carboxylic acid groups (broad SMARTS) is 1. The maximum Gasteiger partial charge on any atom is 0.307 e. The van der Waals surface area contributed by atoms with Crippen LogP contribution < -0.4 is 0 Å². The summed E-state index contributed by atoms with van der Waals surface area (Å²) in [5.41, 5.74) is 0.818. The molecule has 0 saturated heterocycles. The van der Waals surface area contributed by atoms with Crippen molar-refractivity contribution < 1.29 is 9.90 Å². The number of hydrogen-bond acceptors (Lipinski definition) is 2. The van der Waals surface area contributed by atoms with Crippen molar-refractivity contribution in [3.05, 3.63) is 28.2 Å². The Morgan fingerprint density at radius 3 is 2.79 bits per heavy atom. The van der Waals surface area contributed by atoms with Gasteiger partial charge in [-0.3, -0.25) is 4.79 Å². The van der Waals surface area contributed by atoms with E-state index >= 15 is 0 Å². The predicted octanol–water partition coefficient (Wildman–Crippen LogP) is 3.19. The number of rotatable bonds is 4. The molecule has 4 heteroatoms. The highest BCUT2D eigenvalue weighted by atomic mass is 79.9. The number of aliphatic carboxylic acids is 1. The van der Waals surface area contributed by atoms with Gasteiger partial charge in [0.05, 0.1) is 6.42 Å². The van der Waals surface area contributed by atoms with Gasteiger partial charge in [0.15, 0.2) is 0 Å². The van der Waals surface area contributed by atoms with E-state index < -0.39 is 5.97 Å². The lowest BCUT2D eigenvalue weighted by Gasteiger charge is -2.04. The van der Waals surface area contributed by atoms with E-state index in [0.717, 1.165) is 20.7 Å². The summed E-state index contributed by atoms with van der Waals surface area (Å²) < 4.78 is 0.873. The van der Waals surface area contributed by atoms with Gasteiger partial charge in [0, 0.05) is 9.37 Å². The van der Waals surface area contributed by atoms with Gasteiger partial charge >= 0.3 is 5.97 Å². The van der Waals surface area contributed by atoms with Gasteiger partial charge in [0.1, 0.15) is 0 Å². The molecule has 0 saturated carbocycles. The smallest absolute Gasteiger partial charge is 0.307 e. The fourth-order valence-electron chi connectivity index (χ4n) is 1.09. The van der Waals surface area contributed by atoms with Crippen molar-refractivity contribution in [2.75, 3.05) is 5.75 Å². The second-order valence-corrected chi connectivity index (χ2v) is 4.95. The summed E-state index contributed by atoms with van der Waals surface area (Å²) in [6.45, 7) is 2.09. The Hall–Kier alpha value is -0.480. The van der Waals surface area contributed by atoms with E-state index in [-0.39, 0.29) is 6.42 Å². The third-order valence-electron chi connectivity index (χ3n) is 1.68. The van der Waals surface area contributed by atoms with Gasteiger partial charge in [-0.15, -0.1) is 11.8 Å². The summed E-state index contributed by atoms with van der Waals surface area (Å²) in [7, 11) is 0. The quantitative estimate of drug-likeness (QED) is 0.857. The average molecular weight is 275 g/mol. The first kappa shape index (κ1) is 11.6. The van der Waals surface area contributed by atoms with Crippen LogP contribution in [0.15, 0.2) is 27.6 Å². The first-order chi connectivity index (χ1) is 6.63. The number of carbonyl (C=O) groups is 1. The topological polar surface area (TPSA) is 37.3 Å². The third-order valence-corrected chi connectivity index (χ3v) is 3.29. The molecule has 0 heterocycles. The van der Waals surface area contributed by atoms with Gasteiger partial charge in [0.2, 0.25) is 0 Å². The maximum absolute atomic E-state index is 10.5. The fraction of sp³-hybridized carbons (Fsp3) is 0.300. The third kappa shape index (κ3) is 3.35. The summed E-state index contributed by atoms with van der Waals surface area (Å²) in [5.74, 6) is 0.214. The minimum absolute atomic E-state index is 0.0671. The van der Waals surface area contributed by atoms with Crippen LogP contribution >= 0.6 is 27.7 Å². The van der Waals surface area contributed by atoms with E-state index in [1.165, 1.54) is 0 Å². The lowest BCUT2D eigenvalue weighted by Crippen LogP contribution is -2.00. The molecule has 14 heavy (non-hydrogen) atoms. The molecule has 0 atom stereocenters. The molecule has 1 aromatic rings. The molecule has 1 aromatic carbocycles. The number of hydrogen-bond donors (Lipinski definition) is 1. The second-order valence-electron chi connectivity index (χ2n) is 2.76. The molecule has 1 rings (SSSR count). The minimum Gasteiger partial charge on any atom is -0.481 e. The number of carboxylic acids is 1. The lowest BCUT2D eigenvalue weighted by molar-refractivity contribution is -0.136. The summed E-state index contributed by atoms with van der Waals surface area (Å²) in [6.07, 6.45) is 0.0671. The van der Waals surface area contributed by atoms with Crippen LogP contribution in [0.1, 0.15) is 12.5 Å². The highest BCUT2D eigenvalue weighted by Gasteiger charge is 2.05. The Labute approximate surface area is 95.8 Å². The highest BCUT2D eigenvalue weighted by Crippen LogP contribution is 2.25. The normalized spacial score (nSPS) is 10.1. The van der Waals surface area contributed by atoms with E-state index in [1.54, 1.807) is 11.8 Å². The van der Waals surface area contributed by atoms with Crippen molar-refractivity contribution in [2.24, 2.45) is 0 Å². The van der Waals surface area contributed by atoms with Crippen LogP contribution in [-0.2, 0) is 11.2 Å². The van der Waals surface area contributed by atoms with Crippen molar-refractivity contribution in [2.45, 2.75) is 18.2 Å². The molecule has 0 radical (unpaired) electrons. The lowest BCUT2D eigenvalue weighted by atomic mass is 10.2. The van der Waals surface area contributed by atoms with Crippen LogP contribution in [-0.4, -0.2) is 16.8 Å². The molecule has 2 nitrogen and oxygen atoms in total. The van der Waals surface area contributed by atoms with E-state index in [1.807, 2.05) is 18.2 Å². The van der Waals surface area contributed by atoms with Crippen molar-refractivity contribution in [3.63, 3.8) is 0 Å². The molecule has 0 aliphatic carbocycles. The highest BCUT2D eigenvalue weighted by molar-refractivity contribution is 9.10. The van der Waals surface area contributed by atoms with Crippen molar-refractivity contribution in [1.29, 1.82) is 0 Å². The molecule has 0 amide bonds. The zero-order valence-corrected chi connectivity index (χ0v) is 10.2. The maximum atomic E-state index is 10.5. The molecule has 76 valence electrons. The van der Waals surface area contributed by atoms with Gasteiger partial charge in [-0.1, -0.05) is 28.9 Å². The van der Waals surface area contributed by atoms with Crippen LogP contribution in [0.2, 0.25) is 0 Å². The Kier molecular flexibility index (Phi) is 4.48. The van der Waals surface area contributed by atoms with Gasteiger partial charge in [0.25, 0.3) is 0 Å². The van der Waals surface area contributed by atoms with Crippen LogP contribution in [0.25, 0.3) is 0 Å². The zero-order chi connectivity index (χ0) is 10.6. The largest absolute Gasteiger partial charge is 0.481 e. The molecule has 0 bridgehead atoms. The summed E-state index contributed by atoms with van der Waals surface area (Å²) in [4.78, 5) is 11.7. The zero-order valence-electron chi connectivity index (χ0n) is 7.79. The van der Waals surface area contributed by atoms with Gasteiger partial charge in [-0.25, -0.2) is 0 Å². The first-order valence-corrected chi connectivity index (χ1v) is 6.04. The standard InChI is InChI=1S/C10H11BrO2S/c1-2-14-8-4-3-7(5-10(12)13)9(11)6-8/h3-4,6H,2,5H2,1H3,(H,12,13). The molecular weight excluding hydrogens is 264 g/mol. The molecule has 1 N–H and O–H groups in total. The number of halogens is 1. The molecule has 0 aromatic heterocycles. The van der Waals surface area contributed by atoms with Crippen molar-refractivity contribution >= 4 is 33.7 Å². The number of thioether (sulfide) groups is 1. The monoisotopic (exact) mass is 274 g/mol. The number of benzene rings is 1. The summed E-state index contributed by atoms with van der Waals surface area (Å²) in [5, 5.41) is 8.64. The fourth-order valence-corrected chi connectivity index (χ4v) is 2.46. The van der Waals surface area contributed by atoms with Crippen LogP contribution in [0.4, 0.5) is 0 Å². The minimum atomic E-state index is -0.804. The summed E-state index contributed by atoms with van der Waals surface area (Å²) >= 11 is 5.11. The molecular formula is C10H11BrO2S. The van der Waals surface area contributed by atoms with Crippen LogP contribution in [0.3, 0.4) is 0 Å². The van der Waals surface area contributed by atoms with E-state index in [9.17, 15) is 4.79 Å². The summed E-state index contributed by atoms with van der Waals surface area (Å²) in [6, 6.07) is 5.78. The first-order valence-electron chi connectivity index (χ1n) is 4.26. The molecule has 0 unspecified atom stereocenters. The van der Waals surface area contributed by atoms with E-state index in [2.05, 4.69) is 22.9 Å². The van der Waals surface area contributed by atoms with Crippen molar-refractivity contribution in [1.82, 2.24) is 0 Å². The van der Waals surface area contributed by atoms with Crippen molar-refractivity contribution in [3.8, 4) is 0 Å². The van der Waals surface area contributed by atoms with E-state index in [4.69, 9.17) is 5.11 Å². The van der Waals surface area contributed by atoms with Crippen LogP contribution in [0, 0.1) is 0 Å².